The number of allylic oxidation sites excluding steroid dienone is 4. The topological polar surface area (TPSA) is 8.17 Å². The van der Waals surface area contributed by atoms with Crippen LogP contribution in [0.25, 0.3) is 55.0 Å². The molecule has 0 spiro atoms. The van der Waals surface area contributed by atoms with E-state index in [1.807, 2.05) is 0 Å². The Hall–Kier alpha value is -6.12. The van der Waals surface area contributed by atoms with Gasteiger partial charge in [-0.15, -0.1) is 0 Å². The van der Waals surface area contributed by atoms with Crippen LogP contribution in [0.2, 0.25) is 0 Å². The fourth-order valence-corrected chi connectivity index (χ4v) is 8.69. The summed E-state index contributed by atoms with van der Waals surface area (Å²) in [6.45, 7) is 0.995. The average molecular weight is 655 g/mol. The van der Waals surface area contributed by atoms with E-state index in [4.69, 9.17) is 0 Å². The van der Waals surface area contributed by atoms with E-state index in [2.05, 4.69) is 185 Å². The molecular weight excluding hydrogens is 617 g/mol. The van der Waals surface area contributed by atoms with Crippen LogP contribution < -0.4 is 4.90 Å². The molecule has 1 aromatic heterocycles. The zero-order valence-electron chi connectivity index (χ0n) is 28.5. The quantitative estimate of drug-likeness (QED) is 0.179. The Morgan fingerprint density at radius 3 is 2.06 bits per heavy atom. The van der Waals surface area contributed by atoms with Gasteiger partial charge in [0.15, 0.2) is 0 Å². The molecule has 1 aliphatic carbocycles. The summed E-state index contributed by atoms with van der Waals surface area (Å²) in [6.07, 6.45) is 5.71. The van der Waals surface area contributed by atoms with Crippen LogP contribution in [0.1, 0.15) is 36.3 Å². The Balaban J connectivity index is 1.03. The molecule has 1 aliphatic heterocycles. The van der Waals surface area contributed by atoms with Crippen LogP contribution in [0, 0.1) is 0 Å². The van der Waals surface area contributed by atoms with Gasteiger partial charge in [-0.2, -0.15) is 0 Å². The lowest BCUT2D eigenvalue weighted by Crippen LogP contribution is -2.34. The van der Waals surface area contributed by atoms with Crippen molar-refractivity contribution in [2.75, 3.05) is 11.4 Å². The second-order valence-electron chi connectivity index (χ2n) is 14.1. The van der Waals surface area contributed by atoms with E-state index in [0.717, 1.165) is 25.8 Å². The summed E-state index contributed by atoms with van der Waals surface area (Å²) in [4.78, 5) is 2.61. The van der Waals surface area contributed by atoms with Gasteiger partial charge in [-0.25, -0.2) is 0 Å². The number of rotatable bonds is 5. The molecule has 0 radical (unpaired) electrons. The Morgan fingerprint density at radius 2 is 1.22 bits per heavy atom. The first-order valence-electron chi connectivity index (χ1n) is 18.2. The summed E-state index contributed by atoms with van der Waals surface area (Å²) in [5.41, 5.74) is 14.6. The highest BCUT2D eigenvalue weighted by Gasteiger charge is 2.30. The molecular formula is C49H38N2. The molecule has 0 fully saturated rings. The number of fused-ring (bicyclic) bond motifs is 5. The number of aromatic nitrogens is 1. The highest BCUT2D eigenvalue weighted by molar-refractivity contribution is 6.21. The van der Waals surface area contributed by atoms with Gasteiger partial charge in [0.25, 0.3) is 0 Å². The number of nitrogens with zero attached hydrogens (tertiary/aromatic N) is 2. The molecule has 0 bridgehead atoms. The summed E-state index contributed by atoms with van der Waals surface area (Å²) in [5.74, 6) is 0.441. The van der Waals surface area contributed by atoms with Crippen molar-refractivity contribution < 1.29 is 0 Å². The molecule has 0 saturated heterocycles. The molecule has 0 amide bonds. The fraction of sp³-hybridized carbons (Fsp3) is 0.102. The van der Waals surface area contributed by atoms with Crippen LogP contribution >= 0.6 is 0 Å². The minimum absolute atomic E-state index is 0.441. The molecule has 244 valence electrons. The van der Waals surface area contributed by atoms with Crippen molar-refractivity contribution in [3.8, 4) is 16.8 Å². The van der Waals surface area contributed by atoms with E-state index in [9.17, 15) is 0 Å². The second kappa shape index (κ2) is 12.3. The van der Waals surface area contributed by atoms with E-state index < -0.39 is 0 Å². The first kappa shape index (κ1) is 29.8. The van der Waals surface area contributed by atoms with E-state index in [1.165, 1.54) is 83.1 Å². The first-order valence-corrected chi connectivity index (χ1v) is 18.2. The third-order valence-corrected chi connectivity index (χ3v) is 11.1. The van der Waals surface area contributed by atoms with Gasteiger partial charge < -0.3 is 9.47 Å². The van der Waals surface area contributed by atoms with Crippen LogP contribution in [0.5, 0.6) is 0 Å². The van der Waals surface area contributed by atoms with E-state index in [-0.39, 0.29) is 0 Å². The van der Waals surface area contributed by atoms with Crippen molar-refractivity contribution in [2.45, 2.75) is 25.2 Å². The number of hydrogen-bond acceptors (Lipinski definition) is 1. The smallest absolute Gasteiger partial charge is 0.0547 e. The van der Waals surface area contributed by atoms with Crippen molar-refractivity contribution in [1.82, 2.24) is 4.57 Å². The monoisotopic (exact) mass is 654 g/mol. The molecule has 2 heteroatoms. The largest absolute Gasteiger partial charge is 0.344 e. The Morgan fingerprint density at radius 1 is 0.490 bits per heavy atom. The Labute approximate surface area is 299 Å². The summed E-state index contributed by atoms with van der Waals surface area (Å²) in [5, 5.41) is 5.17. The molecule has 2 heterocycles. The zero-order chi connectivity index (χ0) is 33.7. The summed E-state index contributed by atoms with van der Waals surface area (Å²) in [7, 11) is 0. The summed E-state index contributed by atoms with van der Waals surface area (Å²) in [6, 6.07) is 62.4. The number of anilines is 1. The third-order valence-electron chi connectivity index (χ3n) is 11.1. The molecule has 10 rings (SSSR count). The van der Waals surface area contributed by atoms with Gasteiger partial charge in [0.05, 0.1) is 11.0 Å². The van der Waals surface area contributed by atoms with Crippen LogP contribution in [0.3, 0.4) is 0 Å². The van der Waals surface area contributed by atoms with Crippen LogP contribution in [0.4, 0.5) is 5.69 Å². The Bertz CT molecular complexity index is 2620. The molecule has 0 saturated carbocycles. The SMILES string of the molecule is C1=C(c2ccccc2)CCC2=C1CC(c1ccccc1)CN2c1ccc(-c2cccc(-n3c4ccccc4c4c5ccccc5ccc43)c2)cc1. The van der Waals surface area contributed by atoms with Crippen molar-refractivity contribution in [2.24, 2.45) is 0 Å². The van der Waals surface area contributed by atoms with Crippen molar-refractivity contribution in [3.05, 3.63) is 198 Å². The Kier molecular flexibility index (Phi) is 7.20. The maximum Gasteiger partial charge on any atom is 0.0547 e. The molecule has 8 aromatic rings. The maximum atomic E-state index is 2.61. The predicted molar refractivity (Wildman–Crippen MR) is 216 cm³/mol. The van der Waals surface area contributed by atoms with Crippen LogP contribution in [-0.4, -0.2) is 11.1 Å². The standard InChI is InChI=1S/C49H38N2/c1-3-12-34(13-4-1)39-25-28-46-40(30-39)31-41(35-14-5-2-6-15-35)33-50(46)42-26-22-36(23-27-42)38-17-11-18-43(32-38)51-47-21-10-9-20-45(47)49-44-19-8-7-16-37(44)24-29-48(49)51/h1-24,26-27,29-30,32,41H,25,28,31,33H2. The minimum atomic E-state index is 0.441. The lowest BCUT2D eigenvalue weighted by Gasteiger charge is -2.40. The molecule has 1 atom stereocenters. The van der Waals surface area contributed by atoms with Crippen LogP contribution in [0.15, 0.2) is 187 Å². The van der Waals surface area contributed by atoms with E-state index in [0.29, 0.717) is 5.92 Å². The zero-order valence-corrected chi connectivity index (χ0v) is 28.5. The van der Waals surface area contributed by atoms with Crippen molar-refractivity contribution in [1.29, 1.82) is 0 Å². The van der Waals surface area contributed by atoms with Crippen molar-refractivity contribution >= 4 is 43.8 Å². The highest BCUT2D eigenvalue weighted by Crippen LogP contribution is 2.43. The molecule has 2 nitrogen and oxygen atoms in total. The normalized spacial score (nSPS) is 16.1. The molecule has 2 aliphatic rings. The highest BCUT2D eigenvalue weighted by atomic mass is 15.2. The van der Waals surface area contributed by atoms with Crippen molar-refractivity contribution in [3.63, 3.8) is 0 Å². The van der Waals surface area contributed by atoms with Gasteiger partial charge in [0.2, 0.25) is 0 Å². The number of hydrogen-bond donors (Lipinski definition) is 0. The summed E-state index contributed by atoms with van der Waals surface area (Å²) < 4.78 is 2.43. The number of benzene rings is 7. The molecule has 7 aromatic carbocycles. The first-order chi connectivity index (χ1) is 25.3. The van der Waals surface area contributed by atoms with Gasteiger partial charge in [0.1, 0.15) is 0 Å². The van der Waals surface area contributed by atoms with E-state index >= 15 is 0 Å². The average Bonchev–Trinajstić information content (AvgIpc) is 3.56. The second-order valence-corrected chi connectivity index (χ2v) is 14.1. The fourth-order valence-electron chi connectivity index (χ4n) is 8.69. The third kappa shape index (κ3) is 5.18. The molecule has 1 unspecified atom stereocenters. The predicted octanol–water partition coefficient (Wildman–Crippen LogP) is 12.7. The van der Waals surface area contributed by atoms with Gasteiger partial charge in [0, 0.05) is 40.3 Å². The van der Waals surface area contributed by atoms with Gasteiger partial charge in [-0.3, -0.25) is 0 Å². The van der Waals surface area contributed by atoms with Crippen LogP contribution in [-0.2, 0) is 0 Å². The molecule has 0 N–H and O–H groups in total. The minimum Gasteiger partial charge on any atom is -0.344 e. The van der Waals surface area contributed by atoms with Gasteiger partial charge >= 0.3 is 0 Å². The lowest BCUT2D eigenvalue weighted by molar-refractivity contribution is 0.613. The summed E-state index contributed by atoms with van der Waals surface area (Å²) >= 11 is 0. The molecule has 51 heavy (non-hydrogen) atoms. The lowest BCUT2D eigenvalue weighted by atomic mass is 9.81. The van der Waals surface area contributed by atoms with Gasteiger partial charge in [-0.1, -0.05) is 140 Å². The van der Waals surface area contributed by atoms with E-state index in [1.54, 1.807) is 0 Å². The maximum absolute atomic E-state index is 2.61. The number of para-hydroxylation sites is 1. The van der Waals surface area contributed by atoms with Gasteiger partial charge in [-0.05, 0) is 99.8 Å².